The van der Waals surface area contributed by atoms with Crippen molar-refractivity contribution in [3.63, 3.8) is 0 Å². The molecule has 0 fully saturated rings. The Balaban J connectivity index is 1.79. The SMILES string of the molecule is O=C(COc1ccccc1I)NC(=O)Nc1ccccc1. The monoisotopic (exact) mass is 396 g/mol. The Morgan fingerprint density at radius 3 is 2.38 bits per heavy atom. The third-order valence-electron chi connectivity index (χ3n) is 2.48. The van der Waals surface area contributed by atoms with Crippen molar-refractivity contribution < 1.29 is 14.3 Å². The molecule has 0 radical (unpaired) electrons. The predicted octanol–water partition coefficient (Wildman–Crippen LogP) is 3.02. The Labute approximate surface area is 135 Å². The summed E-state index contributed by atoms with van der Waals surface area (Å²) in [6.45, 7) is -0.220. The molecule has 0 aromatic heterocycles. The zero-order chi connectivity index (χ0) is 15.1. The summed E-state index contributed by atoms with van der Waals surface area (Å²) in [5.41, 5.74) is 0.612. The molecular weight excluding hydrogens is 383 g/mol. The van der Waals surface area contributed by atoms with Crippen molar-refractivity contribution >= 4 is 40.2 Å². The molecule has 0 aliphatic carbocycles. The number of halogens is 1. The number of carbonyl (C=O) groups is 2. The van der Waals surface area contributed by atoms with Crippen LogP contribution in [0, 0.1) is 3.57 Å². The van der Waals surface area contributed by atoms with Gasteiger partial charge in [0.05, 0.1) is 3.57 Å². The van der Waals surface area contributed by atoms with Crippen LogP contribution in [0.4, 0.5) is 10.5 Å². The van der Waals surface area contributed by atoms with E-state index >= 15 is 0 Å². The van der Waals surface area contributed by atoms with Gasteiger partial charge in [0.1, 0.15) is 5.75 Å². The van der Waals surface area contributed by atoms with Gasteiger partial charge in [0.15, 0.2) is 6.61 Å². The van der Waals surface area contributed by atoms with Gasteiger partial charge in [0.25, 0.3) is 5.91 Å². The first-order valence-electron chi connectivity index (χ1n) is 6.18. The first-order chi connectivity index (χ1) is 10.1. The molecule has 2 aromatic carbocycles. The Morgan fingerprint density at radius 2 is 1.67 bits per heavy atom. The third-order valence-corrected chi connectivity index (χ3v) is 3.37. The number of hydrogen-bond donors (Lipinski definition) is 2. The standard InChI is InChI=1S/C15H13IN2O3/c16-12-8-4-5-9-13(12)21-10-14(19)18-15(20)17-11-6-2-1-3-7-11/h1-9H,10H2,(H2,17,18,19,20). The van der Waals surface area contributed by atoms with Crippen molar-refractivity contribution in [3.8, 4) is 5.75 Å². The second kappa shape index (κ2) is 7.63. The lowest BCUT2D eigenvalue weighted by Gasteiger charge is -2.09. The maximum absolute atomic E-state index is 11.6. The van der Waals surface area contributed by atoms with E-state index in [4.69, 9.17) is 4.74 Å². The van der Waals surface area contributed by atoms with Crippen LogP contribution in [0.15, 0.2) is 54.6 Å². The van der Waals surface area contributed by atoms with E-state index in [1.54, 1.807) is 30.3 Å². The van der Waals surface area contributed by atoms with Crippen LogP contribution in [0.2, 0.25) is 0 Å². The highest BCUT2D eigenvalue weighted by Crippen LogP contribution is 2.19. The van der Waals surface area contributed by atoms with E-state index in [9.17, 15) is 9.59 Å². The number of rotatable bonds is 4. The van der Waals surface area contributed by atoms with Crippen molar-refractivity contribution in [2.45, 2.75) is 0 Å². The molecule has 21 heavy (non-hydrogen) atoms. The number of imide groups is 1. The minimum atomic E-state index is -0.586. The average Bonchev–Trinajstić information content (AvgIpc) is 2.47. The van der Waals surface area contributed by atoms with Crippen LogP contribution in [0.25, 0.3) is 0 Å². The fourth-order valence-corrected chi connectivity index (χ4v) is 2.09. The van der Waals surface area contributed by atoms with Gasteiger partial charge in [0.2, 0.25) is 0 Å². The van der Waals surface area contributed by atoms with Crippen molar-refractivity contribution in [2.24, 2.45) is 0 Å². The number of urea groups is 1. The topological polar surface area (TPSA) is 67.4 Å². The van der Waals surface area contributed by atoms with E-state index < -0.39 is 11.9 Å². The summed E-state index contributed by atoms with van der Waals surface area (Å²) in [5, 5.41) is 4.76. The zero-order valence-electron chi connectivity index (χ0n) is 11.0. The number of amides is 3. The molecule has 0 spiro atoms. The first-order valence-corrected chi connectivity index (χ1v) is 7.26. The lowest BCUT2D eigenvalue weighted by atomic mass is 10.3. The lowest BCUT2D eigenvalue weighted by molar-refractivity contribution is -0.121. The Morgan fingerprint density at radius 1 is 1.00 bits per heavy atom. The van der Waals surface area contributed by atoms with Gasteiger partial charge in [-0.25, -0.2) is 4.79 Å². The summed E-state index contributed by atoms with van der Waals surface area (Å²) in [6, 6.07) is 15.6. The zero-order valence-corrected chi connectivity index (χ0v) is 13.2. The van der Waals surface area contributed by atoms with Crippen molar-refractivity contribution in [3.05, 3.63) is 58.2 Å². The number of anilines is 1. The first kappa shape index (κ1) is 15.3. The number of hydrogen-bond acceptors (Lipinski definition) is 3. The van der Waals surface area contributed by atoms with Crippen LogP contribution in [0.5, 0.6) is 5.75 Å². The van der Waals surface area contributed by atoms with Gasteiger partial charge in [-0.3, -0.25) is 10.1 Å². The van der Waals surface area contributed by atoms with E-state index in [0.717, 1.165) is 3.57 Å². The van der Waals surface area contributed by atoms with Gasteiger partial charge in [-0.2, -0.15) is 0 Å². The number of carbonyl (C=O) groups excluding carboxylic acids is 2. The van der Waals surface area contributed by atoms with Crippen LogP contribution in [0.3, 0.4) is 0 Å². The Hall–Kier alpha value is -2.09. The van der Waals surface area contributed by atoms with E-state index in [0.29, 0.717) is 11.4 Å². The summed E-state index contributed by atoms with van der Waals surface area (Å²) in [7, 11) is 0. The van der Waals surface area contributed by atoms with Crippen molar-refractivity contribution in [1.82, 2.24) is 5.32 Å². The Bertz CT molecular complexity index is 632. The van der Waals surface area contributed by atoms with E-state index in [-0.39, 0.29) is 6.61 Å². The molecule has 0 aliphatic heterocycles. The highest BCUT2D eigenvalue weighted by Gasteiger charge is 2.09. The van der Waals surface area contributed by atoms with Gasteiger partial charge in [-0.05, 0) is 46.9 Å². The number of nitrogens with one attached hydrogen (secondary N) is 2. The van der Waals surface area contributed by atoms with E-state index in [2.05, 4.69) is 33.2 Å². The summed E-state index contributed by atoms with van der Waals surface area (Å²) in [6.07, 6.45) is 0. The Kier molecular flexibility index (Phi) is 5.56. The molecule has 0 heterocycles. The van der Waals surface area contributed by atoms with Crippen LogP contribution in [-0.2, 0) is 4.79 Å². The molecule has 0 atom stereocenters. The normalized spacial score (nSPS) is 9.76. The van der Waals surface area contributed by atoms with Crippen LogP contribution in [-0.4, -0.2) is 18.5 Å². The second-order valence-electron chi connectivity index (χ2n) is 4.09. The molecule has 0 saturated carbocycles. The number of benzene rings is 2. The molecule has 0 saturated heterocycles. The van der Waals surface area contributed by atoms with Gasteiger partial charge in [-0.15, -0.1) is 0 Å². The molecule has 2 rings (SSSR count). The lowest BCUT2D eigenvalue weighted by Crippen LogP contribution is -2.37. The molecule has 0 aliphatic rings. The molecule has 2 N–H and O–H groups in total. The fraction of sp³-hybridized carbons (Fsp3) is 0.0667. The molecule has 0 unspecified atom stereocenters. The van der Waals surface area contributed by atoms with Crippen molar-refractivity contribution in [1.29, 1.82) is 0 Å². The van der Waals surface area contributed by atoms with Gasteiger partial charge < -0.3 is 10.1 Å². The molecule has 2 aromatic rings. The summed E-state index contributed by atoms with van der Waals surface area (Å²) < 4.78 is 6.25. The molecule has 0 bridgehead atoms. The number of ether oxygens (including phenoxy) is 1. The highest BCUT2D eigenvalue weighted by molar-refractivity contribution is 14.1. The third kappa shape index (κ3) is 5.07. The van der Waals surface area contributed by atoms with E-state index in [1.807, 2.05) is 24.3 Å². The largest absolute Gasteiger partial charge is 0.483 e. The van der Waals surface area contributed by atoms with Gasteiger partial charge in [-0.1, -0.05) is 30.3 Å². The average molecular weight is 396 g/mol. The molecule has 6 heteroatoms. The summed E-state index contributed by atoms with van der Waals surface area (Å²) >= 11 is 2.11. The van der Waals surface area contributed by atoms with Gasteiger partial charge in [0, 0.05) is 5.69 Å². The predicted molar refractivity (Wildman–Crippen MR) is 88.3 cm³/mol. The van der Waals surface area contributed by atoms with E-state index in [1.165, 1.54) is 0 Å². The minimum absolute atomic E-state index is 0.220. The molecule has 5 nitrogen and oxygen atoms in total. The van der Waals surface area contributed by atoms with Crippen LogP contribution in [0.1, 0.15) is 0 Å². The molecule has 3 amide bonds. The molecule has 108 valence electrons. The highest BCUT2D eigenvalue weighted by atomic mass is 127. The maximum atomic E-state index is 11.6. The quantitative estimate of drug-likeness (QED) is 0.781. The fourth-order valence-electron chi connectivity index (χ4n) is 1.55. The smallest absolute Gasteiger partial charge is 0.325 e. The number of para-hydroxylation sites is 2. The summed E-state index contributed by atoms with van der Waals surface area (Å²) in [5.74, 6) is 0.0970. The minimum Gasteiger partial charge on any atom is -0.483 e. The van der Waals surface area contributed by atoms with Crippen LogP contribution < -0.4 is 15.4 Å². The van der Waals surface area contributed by atoms with Crippen LogP contribution >= 0.6 is 22.6 Å². The molecular formula is C15H13IN2O3. The van der Waals surface area contributed by atoms with Gasteiger partial charge >= 0.3 is 6.03 Å². The summed E-state index contributed by atoms with van der Waals surface area (Å²) in [4.78, 5) is 23.2. The second-order valence-corrected chi connectivity index (χ2v) is 5.25. The van der Waals surface area contributed by atoms with Crippen molar-refractivity contribution in [2.75, 3.05) is 11.9 Å². The maximum Gasteiger partial charge on any atom is 0.325 e.